The Morgan fingerprint density at radius 1 is 1.20 bits per heavy atom. The molecule has 184 valence electrons. The number of aliphatic hydroxyl groups excluding tert-OH is 1. The molecule has 0 aliphatic heterocycles. The van der Waals surface area contributed by atoms with Crippen molar-refractivity contribution >= 4 is 5.91 Å². The van der Waals surface area contributed by atoms with Gasteiger partial charge in [0.25, 0.3) is 5.91 Å². The lowest BCUT2D eigenvalue weighted by molar-refractivity contribution is -0.133. The molecular formula is C28H31FN2O4. The minimum atomic E-state index is -0.489. The quantitative estimate of drug-likeness (QED) is 0.384. The van der Waals surface area contributed by atoms with E-state index in [0.29, 0.717) is 36.5 Å². The molecule has 7 heteroatoms. The third-order valence-electron chi connectivity index (χ3n) is 6.08. The summed E-state index contributed by atoms with van der Waals surface area (Å²) in [5.74, 6) is -0.227. The predicted molar refractivity (Wildman–Crippen MR) is 131 cm³/mol. The average Bonchev–Trinajstić information content (AvgIpc) is 3.70. The minimum Gasteiger partial charge on any atom is -0.494 e. The van der Waals surface area contributed by atoms with Gasteiger partial charge in [-0.25, -0.2) is 9.45 Å². The number of hydroxylamine groups is 2. The van der Waals surface area contributed by atoms with Crippen LogP contribution in [0.3, 0.4) is 0 Å². The van der Waals surface area contributed by atoms with Gasteiger partial charge < -0.3 is 9.84 Å². The monoisotopic (exact) mass is 478 g/mol. The van der Waals surface area contributed by atoms with Gasteiger partial charge in [-0.1, -0.05) is 30.3 Å². The molecule has 6 nitrogen and oxygen atoms in total. The molecule has 35 heavy (non-hydrogen) atoms. The van der Waals surface area contributed by atoms with Crippen molar-refractivity contribution in [3.8, 4) is 16.9 Å². The molecule has 0 saturated heterocycles. The summed E-state index contributed by atoms with van der Waals surface area (Å²) in [6, 6.07) is 14.3. The van der Waals surface area contributed by atoms with Gasteiger partial charge in [0.1, 0.15) is 0 Å². The zero-order chi connectivity index (χ0) is 24.8. The Morgan fingerprint density at radius 2 is 2.00 bits per heavy atom. The van der Waals surface area contributed by atoms with E-state index in [9.17, 15) is 14.3 Å². The number of pyridine rings is 1. The Labute approximate surface area is 205 Å². The van der Waals surface area contributed by atoms with Crippen LogP contribution in [-0.2, 0) is 17.8 Å². The molecule has 1 aliphatic carbocycles. The van der Waals surface area contributed by atoms with Gasteiger partial charge in [0.05, 0.1) is 31.9 Å². The first-order valence-corrected chi connectivity index (χ1v) is 11.9. The number of rotatable bonds is 11. The van der Waals surface area contributed by atoms with Crippen LogP contribution in [0.2, 0.25) is 0 Å². The molecule has 3 aromatic rings. The van der Waals surface area contributed by atoms with E-state index >= 15 is 0 Å². The highest BCUT2D eigenvalue weighted by molar-refractivity contribution is 5.94. The highest BCUT2D eigenvalue weighted by atomic mass is 19.1. The van der Waals surface area contributed by atoms with E-state index in [4.69, 9.17) is 9.57 Å². The number of ether oxygens (including phenoxy) is 1. The van der Waals surface area contributed by atoms with E-state index in [1.807, 2.05) is 24.3 Å². The van der Waals surface area contributed by atoms with Crippen molar-refractivity contribution in [3.63, 3.8) is 0 Å². The molecule has 1 atom stereocenters. The molecule has 2 aromatic carbocycles. The van der Waals surface area contributed by atoms with E-state index in [0.717, 1.165) is 29.5 Å². The minimum absolute atomic E-state index is 0.0989. The summed E-state index contributed by atoms with van der Waals surface area (Å²) < 4.78 is 19.2. The Kier molecular flexibility index (Phi) is 8.10. The number of aromatic nitrogens is 1. The van der Waals surface area contributed by atoms with Gasteiger partial charge in [-0.15, -0.1) is 0 Å². The number of amides is 1. The summed E-state index contributed by atoms with van der Waals surface area (Å²) >= 11 is 0. The lowest BCUT2D eigenvalue weighted by Crippen LogP contribution is -2.31. The fraction of sp³-hybridized carbons (Fsp3) is 0.357. The highest BCUT2D eigenvalue weighted by Gasteiger charge is 2.26. The molecule has 4 rings (SSSR count). The third-order valence-corrected chi connectivity index (χ3v) is 6.08. The number of benzene rings is 2. The van der Waals surface area contributed by atoms with Gasteiger partial charge in [-0.3, -0.25) is 14.6 Å². The predicted octanol–water partition coefficient (Wildman–Crippen LogP) is 5.19. The number of aliphatic hydroxyl groups is 1. The largest absolute Gasteiger partial charge is 0.494 e. The summed E-state index contributed by atoms with van der Waals surface area (Å²) in [5, 5.41) is 11.0. The number of nitrogens with zero attached hydrogens (tertiary/aromatic N) is 2. The molecule has 0 radical (unpaired) electrons. The molecule has 1 heterocycles. The van der Waals surface area contributed by atoms with Crippen LogP contribution in [0.1, 0.15) is 47.7 Å². The van der Waals surface area contributed by atoms with Crippen LogP contribution in [0.5, 0.6) is 5.75 Å². The molecule has 1 N–H and O–H groups in total. The topological polar surface area (TPSA) is 71.9 Å². The third kappa shape index (κ3) is 6.65. The average molecular weight is 479 g/mol. The molecule has 1 unspecified atom stereocenters. The van der Waals surface area contributed by atoms with Crippen LogP contribution in [-0.4, -0.2) is 40.9 Å². The summed E-state index contributed by atoms with van der Waals surface area (Å²) in [7, 11) is 1.41. The van der Waals surface area contributed by atoms with Crippen LogP contribution in [0.25, 0.3) is 11.1 Å². The Bertz CT molecular complexity index is 1160. The molecule has 1 aromatic heterocycles. The fourth-order valence-corrected chi connectivity index (χ4v) is 3.86. The molecular weight excluding hydrogens is 447 g/mol. The number of carbonyl (C=O) groups is 1. The van der Waals surface area contributed by atoms with Gasteiger partial charge in [0, 0.05) is 18.0 Å². The van der Waals surface area contributed by atoms with Crippen LogP contribution in [0.4, 0.5) is 4.39 Å². The van der Waals surface area contributed by atoms with Crippen molar-refractivity contribution < 1.29 is 23.9 Å². The number of hydrogen-bond acceptors (Lipinski definition) is 5. The number of hydrogen-bond donors (Lipinski definition) is 1. The standard InChI is InChI=1S/C28H31FN2O4/c1-19(32)7-11-22-5-3-4-6-25(22)23-14-24(16-30-15-23)28(33)31(35-18-20-8-9-20)17-21-10-12-27(34-2)26(29)13-21/h3-6,10,12-16,19-20,32H,7-9,11,17-18H2,1-2H3. The first-order chi connectivity index (χ1) is 16.9. The van der Waals surface area contributed by atoms with Gasteiger partial charge in [-0.2, -0.15) is 0 Å². The zero-order valence-corrected chi connectivity index (χ0v) is 20.1. The molecule has 1 amide bonds. The van der Waals surface area contributed by atoms with E-state index in [1.54, 1.807) is 31.3 Å². The first kappa shape index (κ1) is 24.8. The van der Waals surface area contributed by atoms with Crippen molar-refractivity contribution in [1.29, 1.82) is 0 Å². The fourth-order valence-electron chi connectivity index (χ4n) is 3.86. The lowest BCUT2D eigenvalue weighted by atomic mass is 9.96. The van der Waals surface area contributed by atoms with Crippen molar-refractivity contribution in [2.45, 2.75) is 45.3 Å². The summed E-state index contributed by atoms with van der Waals surface area (Å²) in [5.41, 5.74) is 3.85. The van der Waals surface area contributed by atoms with Crippen molar-refractivity contribution in [2.24, 2.45) is 5.92 Å². The molecule has 0 bridgehead atoms. The van der Waals surface area contributed by atoms with E-state index < -0.39 is 11.9 Å². The number of carbonyl (C=O) groups excluding carboxylic acids is 1. The van der Waals surface area contributed by atoms with Gasteiger partial charge in [0.15, 0.2) is 11.6 Å². The SMILES string of the molecule is COc1ccc(CN(OCC2CC2)C(=O)c2cncc(-c3ccccc3CCC(C)O)c2)cc1F. The Morgan fingerprint density at radius 3 is 2.71 bits per heavy atom. The first-order valence-electron chi connectivity index (χ1n) is 11.9. The second kappa shape index (κ2) is 11.4. The summed E-state index contributed by atoms with van der Waals surface area (Å²) in [6.45, 7) is 2.32. The maximum atomic E-state index is 14.2. The van der Waals surface area contributed by atoms with Crippen molar-refractivity contribution in [3.05, 3.63) is 83.4 Å². The van der Waals surface area contributed by atoms with Crippen molar-refractivity contribution in [1.82, 2.24) is 10.0 Å². The number of halogens is 1. The number of aryl methyl sites for hydroxylation is 1. The van der Waals surface area contributed by atoms with Gasteiger partial charge in [-0.05, 0) is 73.4 Å². The highest BCUT2D eigenvalue weighted by Crippen LogP contribution is 2.30. The van der Waals surface area contributed by atoms with Crippen LogP contribution >= 0.6 is 0 Å². The van der Waals surface area contributed by atoms with Crippen LogP contribution in [0, 0.1) is 11.7 Å². The van der Waals surface area contributed by atoms with Crippen molar-refractivity contribution in [2.75, 3.05) is 13.7 Å². The Hall–Kier alpha value is -3.29. The van der Waals surface area contributed by atoms with Crippen LogP contribution in [0.15, 0.2) is 60.9 Å². The van der Waals surface area contributed by atoms with E-state index in [1.165, 1.54) is 24.4 Å². The van der Waals surface area contributed by atoms with Gasteiger partial charge in [0.2, 0.25) is 0 Å². The molecule has 0 spiro atoms. The summed E-state index contributed by atoms with van der Waals surface area (Å²) in [4.78, 5) is 23.7. The second-order valence-electron chi connectivity index (χ2n) is 9.06. The molecule has 1 aliphatic rings. The van der Waals surface area contributed by atoms with E-state index in [-0.39, 0.29) is 18.2 Å². The molecule has 1 fully saturated rings. The number of methoxy groups -OCH3 is 1. The van der Waals surface area contributed by atoms with E-state index in [2.05, 4.69) is 4.98 Å². The maximum absolute atomic E-state index is 14.2. The lowest BCUT2D eigenvalue weighted by Gasteiger charge is -2.22. The second-order valence-corrected chi connectivity index (χ2v) is 9.06. The van der Waals surface area contributed by atoms with Gasteiger partial charge >= 0.3 is 0 Å². The molecule has 1 saturated carbocycles. The maximum Gasteiger partial charge on any atom is 0.279 e. The normalized spacial score (nSPS) is 13.9. The van der Waals surface area contributed by atoms with Crippen LogP contribution < -0.4 is 4.74 Å². The zero-order valence-electron chi connectivity index (χ0n) is 20.1. The smallest absolute Gasteiger partial charge is 0.279 e. The summed E-state index contributed by atoms with van der Waals surface area (Å²) in [6.07, 6.45) is 6.38. The Balaban J connectivity index is 1.58.